The first kappa shape index (κ1) is 26.1. The van der Waals surface area contributed by atoms with Gasteiger partial charge in [0.2, 0.25) is 0 Å². The second kappa shape index (κ2) is 15.9. The fourth-order valence-electron chi connectivity index (χ4n) is 3.24. The maximum absolute atomic E-state index is 5.43. The standard InChI is InChI=1S/C14H21NO.C11H15NO.C2H2/c1-16-14-8-6-13(7-9-14)5-4-12-15-10-2-3-11-15;1-9-3-5-11(6-4-9)13-8-7-10(2)12;1-2/h6-9H,2-5,10-12H2,1H3;3-6H,2,7-8,12H2,1H3;1-2H. The molecular formula is C27H38N2O2. The third-order valence-electron chi connectivity index (χ3n) is 5.01. The van der Waals surface area contributed by atoms with Crippen molar-refractivity contribution in [1.82, 2.24) is 4.90 Å². The maximum atomic E-state index is 5.43. The first-order chi connectivity index (χ1) is 15.1. The van der Waals surface area contributed by atoms with E-state index in [-0.39, 0.29) is 0 Å². The van der Waals surface area contributed by atoms with E-state index >= 15 is 0 Å². The van der Waals surface area contributed by atoms with Crippen LogP contribution in [-0.2, 0) is 6.42 Å². The SMILES string of the molecule is C#C.C=C(N)CCOc1ccc(C)cc1.COc1ccc(CCCN2CCCC2)cc1. The molecule has 0 radical (unpaired) electrons. The van der Waals surface area contributed by atoms with Crippen LogP contribution in [0.25, 0.3) is 0 Å². The minimum Gasteiger partial charge on any atom is -0.497 e. The molecule has 0 atom stereocenters. The van der Waals surface area contributed by atoms with Gasteiger partial charge in [-0.15, -0.1) is 12.8 Å². The normalized spacial score (nSPS) is 12.6. The van der Waals surface area contributed by atoms with E-state index in [1.54, 1.807) is 7.11 Å². The van der Waals surface area contributed by atoms with Gasteiger partial charge in [-0.3, -0.25) is 0 Å². The number of hydrogen-bond acceptors (Lipinski definition) is 4. The van der Waals surface area contributed by atoms with Gasteiger partial charge in [0.05, 0.1) is 13.7 Å². The summed E-state index contributed by atoms with van der Waals surface area (Å²) >= 11 is 0. The molecule has 0 aromatic heterocycles. The van der Waals surface area contributed by atoms with E-state index in [0.717, 1.165) is 11.5 Å². The maximum Gasteiger partial charge on any atom is 0.119 e. The molecular weight excluding hydrogens is 384 g/mol. The molecule has 1 aliphatic rings. The lowest BCUT2D eigenvalue weighted by atomic mass is 10.1. The van der Waals surface area contributed by atoms with Gasteiger partial charge in [-0.2, -0.15) is 0 Å². The minimum absolute atomic E-state index is 0.596. The summed E-state index contributed by atoms with van der Waals surface area (Å²) in [6.07, 6.45) is 13.9. The summed E-state index contributed by atoms with van der Waals surface area (Å²) in [6, 6.07) is 16.4. The molecule has 0 aliphatic carbocycles. The summed E-state index contributed by atoms with van der Waals surface area (Å²) in [6.45, 7) is 10.1. The van der Waals surface area contributed by atoms with E-state index in [0.29, 0.717) is 18.7 Å². The molecule has 1 saturated heterocycles. The fraction of sp³-hybridized carbons (Fsp3) is 0.407. The second-order valence-electron chi connectivity index (χ2n) is 7.57. The third-order valence-corrected chi connectivity index (χ3v) is 5.01. The van der Waals surface area contributed by atoms with Crippen molar-refractivity contribution in [1.29, 1.82) is 0 Å². The van der Waals surface area contributed by atoms with E-state index in [2.05, 4.69) is 36.5 Å². The Balaban J connectivity index is 0.000000293. The van der Waals surface area contributed by atoms with E-state index in [9.17, 15) is 0 Å². The molecule has 0 spiro atoms. The lowest BCUT2D eigenvalue weighted by Gasteiger charge is -2.13. The predicted octanol–water partition coefficient (Wildman–Crippen LogP) is 5.21. The van der Waals surface area contributed by atoms with Crippen molar-refractivity contribution in [3.8, 4) is 24.3 Å². The molecule has 0 bridgehead atoms. The Hall–Kier alpha value is -2.90. The Kier molecular flexibility index (Phi) is 13.4. The Labute approximate surface area is 189 Å². The molecule has 2 N–H and O–H groups in total. The highest BCUT2D eigenvalue weighted by molar-refractivity contribution is 5.27. The molecule has 0 saturated carbocycles. The third kappa shape index (κ3) is 11.8. The molecule has 2 aromatic rings. The van der Waals surface area contributed by atoms with Gasteiger partial charge < -0.3 is 20.1 Å². The monoisotopic (exact) mass is 422 g/mol. The molecule has 3 rings (SSSR count). The zero-order valence-electron chi connectivity index (χ0n) is 19.2. The molecule has 4 nitrogen and oxygen atoms in total. The summed E-state index contributed by atoms with van der Waals surface area (Å²) in [5, 5.41) is 0. The predicted molar refractivity (Wildman–Crippen MR) is 131 cm³/mol. The first-order valence-corrected chi connectivity index (χ1v) is 10.9. The molecule has 0 unspecified atom stereocenters. The second-order valence-corrected chi connectivity index (χ2v) is 7.57. The van der Waals surface area contributed by atoms with Gasteiger partial charge in [0, 0.05) is 12.1 Å². The molecule has 31 heavy (non-hydrogen) atoms. The van der Waals surface area contributed by atoms with E-state index in [4.69, 9.17) is 15.2 Å². The summed E-state index contributed by atoms with van der Waals surface area (Å²) in [4.78, 5) is 2.57. The topological polar surface area (TPSA) is 47.7 Å². The summed E-state index contributed by atoms with van der Waals surface area (Å²) in [7, 11) is 1.71. The highest BCUT2D eigenvalue weighted by Gasteiger charge is 2.10. The van der Waals surface area contributed by atoms with Crippen LogP contribution in [0.4, 0.5) is 0 Å². The van der Waals surface area contributed by atoms with E-state index in [1.165, 1.54) is 56.4 Å². The number of terminal acetylenes is 1. The van der Waals surface area contributed by atoms with Gasteiger partial charge >= 0.3 is 0 Å². The van der Waals surface area contributed by atoms with Crippen molar-refractivity contribution in [2.45, 2.75) is 39.0 Å². The van der Waals surface area contributed by atoms with Crippen LogP contribution in [0.3, 0.4) is 0 Å². The average molecular weight is 423 g/mol. The van der Waals surface area contributed by atoms with Crippen molar-refractivity contribution < 1.29 is 9.47 Å². The van der Waals surface area contributed by atoms with Crippen LogP contribution in [-0.4, -0.2) is 38.3 Å². The fourth-order valence-corrected chi connectivity index (χ4v) is 3.24. The smallest absolute Gasteiger partial charge is 0.119 e. The van der Waals surface area contributed by atoms with Crippen LogP contribution in [0.1, 0.15) is 36.8 Å². The number of hydrogen-bond donors (Lipinski definition) is 1. The van der Waals surface area contributed by atoms with Gasteiger partial charge in [-0.1, -0.05) is 36.4 Å². The molecule has 1 heterocycles. The largest absolute Gasteiger partial charge is 0.497 e. The van der Waals surface area contributed by atoms with Crippen LogP contribution < -0.4 is 15.2 Å². The van der Waals surface area contributed by atoms with Gasteiger partial charge in [-0.25, -0.2) is 0 Å². The number of benzene rings is 2. The van der Waals surface area contributed by atoms with Crippen molar-refractivity contribution in [3.63, 3.8) is 0 Å². The number of methoxy groups -OCH3 is 1. The highest BCUT2D eigenvalue weighted by atomic mass is 16.5. The number of aryl methyl sites for hydroxylation is 2. The lowest BCUT2D eigenvalue weighted by Crippen LogP contribution is -2.20. The molecule has 1 fully saturated rings. The number of likely N-dealkylation sites (tertiary alicyclic amines) is 1. The van der Waals surface area contributed by atoms with Crippen molar-refractivity contribution in [2.24, 2.45) is 5.73 Å². The first-order valence-electron chi connectivity index (χ1n) is 10.9. The van der Waals surface area contributed by atoms with Crippen LogP contribution in [0.15, 0.2) is 60.8 Å². The van der Waals surface area contributed by atoms with Gasteiger partial charge in [-0.05, 0) is 82.1 Å². The number of nitrogens with two attached hydrogens (primary N) is 1. The zero-order valence-corrected chi connectivity index (χ0v) is 19.2. The van der Waals surface area contributed by atoms with Crippen molar-refractivity contribution >= 4 is 0 Å². The van der Waals surface area contributed by atoms with Crippen LogP contribution >= 0.6 is 0 Å². The Bertz CT molecular complexity index is 745. The van der Waals surface area contributed by atoms with Crippen LogP contribution in [0.5, 0.6) is 11.5 Å². The van der Waals surface area contributed by atoms with Gasteiger partial charge in [0.25, 0.3) is 0 Å². The lowest BCUT2D eigenvalue weighted by molar-refractivity contribution is 0.321. The Morgan fingerprint density at radius 3 is 2.13 bits per heavy atom. The Morgan fingerprint density at radius 1 is 1.00 bits per heavy atom. The summed E-state index contributed by atoms with van der Waals surface area (Å²) in [5.41, 5.74) is 8.71. The summed E-state index contributed by atoms with van der Waals surface area (Å²) in [5.74, 6) is 1.83. The molecule has 4 heteroatoms. The zero-order chi connectivity index (χ0) is 22.9. The number of ether oxygens (including phenoxy) is 2. The van der Waals surface area contributed by atoms with Gasteiger partial charge in [0.1, 0.15) is 11.5 Å². The number of rotatable bonds is 9. The Morgan fingerprint density at radius 2 is 1.58 bits per heavy atom. The van der Waals surface area contributed by atoms with Crippen LogP contribution in [0.2, 0.25) is 0 Å². The molecule has 0 amide bonds. The minimum atomic E-state index is 0.596. The van der Waals surface area contributed by atoms with Crippen molar-refractivity contribution in [2.75, 3.05) is 33.4 Å². The number of nitrogens with zero attached hydrogens (tertiary/aromatic N) is 1. The highest BCUT2D eigenvalue weighted by Crippen LogP contribution is 2.14. The molecule has 2 aromatic carbocycles. The molecule has 1 aliphatic heterocycles. The average Bonchev–Trinajstić information content (AvgIpc) is 3.31. The van der Waals surface area contributed by atoms with E-state index in [1.807, 2.05) is 43.3 Å². The summed E-state index contributed by atoms with van der Waals surface area (Å²) < 4.78 is 10.6. The quantitative estimate of drug-likeness (QED) is 0.564. The van der Waals surface area contributed by atoms with Crippen molar-refractivity contribution in [3.05, 3.63) is 71.9 Å². The van der Waals surface area contributed by atoms with E-state index < -0.39 is 0 Å². The van der Waals surface area contributed by atoms with Gasteiger partial charge in [0.15, 0.2) is 0 Å². The van der Waals surface area contributed by atoms with Crippen LogP contribution in [0, 0.1) is 19.8 Å². The molecule has 168 valence electrons.